The molecule has 0 amide bonds. The van der Waals surface area contributed by atoms with Gasteiger partial charge in [0.25, 0.3) is 6.43 Å². The number of aromatic nitrogens is 2. The second-order valence-corrected chi connectivity index (χ2v) is 3.42. The average Bonchev–Trinajstić information content (AvgIpc) is 2.71. The van der Waals surface area contributed by atoms with Crippen LogP contribution in [0.1, 0.15) is 11.7 Å². The van der Waals surface area contributed by atoms with E-state index in [1.807, 2.05) is 0 Å². The molecule has 90 valence electrons. The fraction of sp³-hybridized carbons (Fsp3) is 0.182. The Bertz CT molecular complexity index is 499. The van der Waals surface area contributed by atoms with E-state index in [0.717, 1.165) is 10.9 Å². The molecule has 2 rings (SSSR count). The van der Waals surface area contributed by atoms with E-state index in [9.17, 15) is 13.2 Å². The highest BCUT2D eigenvalue weighted by atomic mass is 19.3. The van der Waals surface area contributed by atoms with Crippen molar-refractivity contribution in [1.29, 1.82) is 0 Å². The molecule has 6 heteroatoms. The maximum Gasteiger partial charge on any atom is 0.268 e. The highest BCUT2D eigenvalue weighted by Crippen LogP contribution is 2.24. The van der Waals surface area contributed by atoms with E-state index in [2.05, 4.69) is 5.10 Å². The molecule has 1 aromatic carbocycles. The summed E-state index contributed by atoms with van der Waals surface area (Å²) in [4.78, 5) is 0. The highest BCUT2D eigenvalue weighted by Gasteiger charge is 2.26. The Kier molecular flexibility index (Phi) is 3.14. The first-order valence-electron chi connectivity index (χ1n) is 4.86. The predicted molar refractivity (Wildman–Crippen MR) is 54.5 cm³/mol. The van der Waals surface area contributed by atoms with Crippen LogP contribution in [0.2, 0.25) is 0 Å². The van der Waals surface area contributed by atoms with Crippen molar-refractivity contribution in [3.8, 4) is 5.69 Å². The largest absolute Gasteiger partial charge is 0.382 e. The van der Waals surface area contributed by atoms with E-state index in [0.29, 0.717) is 5.69 Å². The van der Waals surface area contributed by atoms with Crippen molar-refractivity contribution < 1.29 is 18.3 Å². The predicted octanol–water partition coefficient (Wildman–Crippen LogP) is 2.31. The lowest BCUT2D eigenvalue weighted by atomic mass is 10.2. The van der Waals surface area contributed by atoms with E-state index in [4.69, 9.17) is 5.11 Å². The molecule has 2 aromatic rings. The third kappa shape index (κ3) is 2.16. The van der Waals surface area contributed by atoms with Gasteiger partial charge in [0, 0.05) is 0 Å². The van der Waals surface area contributed by atoms with Gasteiger partial charge in [-0.15, -0.1) is 0 Å². The zero-order valence-corrected chi connectivity index (χ0v) is 8.59. The van der Waals surface area contributed by atoms with Crippen LogP contribution in [0.3, 0.4) is 0 Å². The van der Waals surface area contributed by atoms with Crippen LogP contribution in [-0.4, -0.2) is 21.3 Å². The number of benzene rings is 1. The van der Waals surface area contributed by atoms with Crippen LogP contribution < -0.4 is 0 Å². The Morgan fingerprint density at radius 3 is 2.41 bits per heavy atom. The topological polar surface area (TPSA) is 38.1 Å². The molecule has 1 N–H and O–H groups in total. The van der Waals surface area contributed by atoms with Gasteiger partial charge in [-0.25, -0.2) is 13.5 Å². The average molecular weight is 242 g/mol. The van der Waals surface area contributed by atoms with Crippen molar-refractivity contribution >= 4 is 0 Å². The van der Waals surface area contributed by atoms with Crippen LogP contribution in [-0.2, 0) is 0 Å². The Hall–Kier alpha value is -1.82. The summed E-state index contributed by atoms with van der Waals surface area (Å²) in [5.41, 5.74) is -0.110. The van der Waals surface area contributed by atoms with Crippen LogP contribution in [0, 0.1) is 5.95 Å². The van der Waals surface area contributed by atoms with E-state index >= 15 is 0 Å². The molecule has 0 aliphatic heterocycles. The van der Waals surface area contributed by atoms with Gasteiger partial charge in [0.05, 0.1) is 17.4 Å². The minimum atomic E-state index is -3.04. The van der Waals surface area contributed by atoms with Gasteiger partial charge in [-0.3, -0.25) is 0 Å². The second kappa shape index (κ2) is 4.58. The number of rotatable bonds is 3. The molecule has 0 radical (unpaired) electrons. The number of para-hydroxylation sites is 1. The first kappa shape index (κ1) is 11.7. The van der Waals surface area contributed by atoms with Gasteiger partial charge in [-0.05, 0) is 12.1 Å². The summed E-state index contributed by atoms with van der Waals surface area (Å²) in [6.45, 7) is 0. The molecule has 0 fully saturated rings. The van der Waals surface area contributed by atoms with Gasteiger partial charge in [0.1, 0.15) is 6.10 Å². The molecule has 0 spiro atoms. The van der Waals surface area contributed by atoms with Crippen molar-refractivity contribution in [2.24, 2.45) is 0 Å². The van der Waals surface area contributed by atoms with Gasteiger partial charge in [-0.2, -0.15) is 9.49 Å². The van der Waals surface area contributed by atoms with Crippen LogP contribution in [0.5, 0.6) is 0 Å². The van der Waals surface area contributed by atoms with Crippen molar-refractivity contribution in [1.82, 2.24) is 9.78 Å². The fourth-order valence-electron chi connectivity index (χ4n) is 1.43. The Morgan fingerprint density at radius 2 is 1.82 bits per heavy atom. The number of aliphatic hydroxyl groups is 1. The summed E-state index contributed by atoms with van der Waals surface area (Å²) in [5, 5.41) is 12.7. The zero-order chi connectivity index (χ0) is 12.4. The van der Waals surface area contributed by atoms with Gasteiger partial charge >= 0.3 is 0 Å². The van der Waals surface area contributed by atoms with E-state index < -0.39 is 24.0 Å². The summed E-state index contributed by atoms with van der Waals surface area (Å²) in [6.07, 6.45) is -4.30. The van der Waals surface area contributed by atoms with E-state index in [1.54, 1.807) is 30.3 Å². The third-order valence-electron chi connectivity index (χ3n) is 2.29. The molecule has 0 bridgehead atoms. The number of hydrogen-bond acceptors (Lipinski definition) is 2. The van der Waals surface area contributed by atoms with Crippen LogP contribution in [0.25, 0.3) is 5.69 Å². The van der Waals surface area contributed by atoms with Crippen molar-refractivity contribution in [2.75, 3.05) is 0 Å². The zero-order valence-electron chi connectivity index (χ0n) is 8.59. The fourth-order valence-corrected chi connectivity index (χ4v) is 1.43. The molecule has 0 saturated carbocycles. The third-order valence-corrected chi connectivity index (χ3v) is 2.29. The lowest BCUT2D eigenvalue weighted by Gasteiger charge is -2.07. The number of nitrogens with zero attached hydrogens (tertiary/aromatic N) is 2. The summed E-state index contributed by atoms with van der Waals surface area (Å²) in [5.74, 6) is -0.982. The van der Waals surface area contributed by atoms with Crippen molar-refractivity contribution in [2.45, 2.75) is 12.5 Å². The lowest BCUT2D eigenvalue weighted by Crippen LogP contribution is -2.10. The normalized spacial score (nSPS) is 13.0. The Balaban J connectivity index is 2.40. The summed E-state index contributed by atoms with van der Waals surface area (Å²) < 4.78 is 39.1. The maximum atomic E-state index is 13.7. The monoisotopic (exact) mass is 242 g/mol. The minimum Gasteiger partial charge on any atom is -0.382 e. The molecule has 0 saturated heterocycles. The first-order chi connectivity index (χ1) is 8.11. The number of aliphatic hydroxyl groups excluding tert-OH is 1. The van der Waals surface area contributed by atoms with Gasteiger partial charge < -0.3 is 5.11 Å². The van der Waals surface area contributed by atoms with Crippen molar-refractivity contribution in [3.63, 3.8) is 0 Å². The highest BCUT2D eigenvalue weighted by molar-refractivity contribution is 5.32. The molecule has 17 heavy (non-hydrogen) atoms. The smallest absolute Gasteiger partial charge is 0.268 e. The summed E-state index contributed by atoms with van der Waals surface area (Å²) in [7, 11) is 0. The standard InChI is InChI=1S/C11H9F3N2O/c12-10(13)9(17)8-6-15-16(11(8)14)7-4-2-1-3-5-7/h1-6,9-10,17H. The molecular formula is C11H9F3N2O. The minimum absolute atomic E-state index is 0.401. The molecule has 1 heterocycles. The SMILES string of the molecule is OC(c1cnn(-c2ccccc2)c1F)C(F)F. The summed E-state index contributed by atoms with van der Waals surface area (Å²) in [6, 6.07) is 8.22. The van der Waals surface area contributed by atoms with Gasteiger partial charge in [-0.1, -0.05) is 18.2 Å². The van der Waals surface area contributed by atoms with Gasteiger partial charge in [0.2, 0.25) is 5.95 Å². The number of alkyl halides is 2. The van der Waals surface area contributed by atoms with E-state index in [1.165, 1.54) is 0 Å². The molecule has 3 nitrogen and oxygen atoms in total. The summed E-state index contributed by atoms with van der Waals surface area (Å²) >= 11 is 0. The van der Waals surface area contributed by atoms with E-state index in [-0.39, 0.29) is 0 Å². The lowest BCUT2D eigenvalue weighted by molar-refractivity contribution is -0.00784. The van der Waals surface area contributed by atoms with Crippen LogP contribution >= 0.6 is 0 Å². The molecule has 1 unspecified atom stereocenters. The van der Waals surface area contributed by atoms with Gasteiger partial charge in [0.15, 0.2) is 0 Å². The van der Waals surface area contributed by atoms with Crippen molar-refractivity contribution in [3.05, 3.63) is 48.0 Å². The maximum absolute atomic E-state index is 13.7. The Labute approximate surface area is 95.1 Å². The number of hydrogen-bond donors (Lipinski definition) is 1. The number of halogens is 3. The molecule has 0 aliphatic rings. The van der Waals surface area contributed by atoms with Crippen LogP contribution in [0.4, 0.5) is 13.2 Å². The first-order valence-corrected chi connectivity index (χ1v) is 4.86. The molecule has 1 aromatic heterocycles. The molecule has 0 aliphatic carbocycles. The molecule has 1 atom stereocenters. The quantitative estimate of drug-likeness (QED) is 0.896. The molecular weight excluding hydrogens is 233 g/mol. The van der Waals surface area contributed by atoms with Crippen LogP contribution in [0.15, 0.2) is 36.5 Å². The second-order valence-electron chi connectivity index (χ2n) is 3.42. The Morgan fingerprint density at radius 1 is 1.18 bits per heavy atom.